The fourth-order valence-electron chi connectivity index (χ4n) is 2.75. The lowest BCUT2D eigenvalue weighted by atomic mass is 9.90. The van der Waals surface area contributed by atoms with Crippen molar-refractivity contribution in [3.05, 3.63) is 29.6 Å². The van der Waals surface area contributed by atoms with E-state index in [1.54, 1.807) is 12.1 Å². The number of carboxylic acids is 1. The van der Waals surface area contributed by atoms with Crippen LogP contribution in [-0.4, -0.2) is 18.2 Å². The van der Waals surface area contributed by atoms with Crippen molar-refractivity contribution in [1.29, 1.82) is 0 Å². The van der Waals surface area contributed by atoms with Gasteiger partial charge in [-0.2, -0.15) is 0 Å². The fraction of sp³-hybridized carbons (Fsp3) is 0.500. The first-order valence-corrected chi connectivity index (χ1v) is 6.17. The maximum absolute atomic E-state index is 13.5. The molecule has 0 aliphatic heterocycles. The van der Waals surface area contributed by atoms with Crippen LogP contribution in [0.2, 0.25) is 0 Å². The maximum atomic E-state index is 13.5. The van der Waals surface area contributed by atoms with Gasteiger partial charge in [-0.1, -0.05) is 12.5 Å². The molecule has 1 aromatic rings. The average molecular weight is 252 g/mol. The van der Waals surface area contributed by atoms with E-state index in [1.165, 1.54) is 13.2 Å². The Labute approximate surface area is 106 Å². The summed E-state index contributed by atoms with van der Waals surface area (Å²) in [7, 11) is 1.43. The largest absolute Gasteiger partial charge is 0.494 e. The summed E-state index contributed by atoms with van der Waals surface area (Å²) in [4.78, 5) is 11.1. The molecule has 3 nitrogen and oxygen atoms in total. The molecule has 1 aromatic carbocycles. The number of ether oxygens (including phenoxy) is 1. The van der Waals surface area contributed by atoms with E-state index < -0.39 is 5.97 Å². The van der Waals surface area contributed by atoms with Crippen LogP contribution >= 0.6 is 0 Å². The van der Waals surface area contributed by atoms with Crippen LogP contribution in [0.1, 0.15) is 24.8 Å². The lowest BCUT2D eigenvalue weighted by Crippen LogP contribution is -2.20. The topological polar surface area (TPSA) is 46.5 Å². The lowest BCUT2D eigenvalue weighted by Gasteiger charge is -2.16. The van der Waals surface area contributed by atoms with Crippen LogP contribution in [-0.2, 0) is 11.2 Å². The summed E-state index contributed by atoms with van der Waals surface area (Å²) in [6.07, 6.45) is 3.21. The maximum Gasteiger partial charge on any atom is 0.306 e. The molecule has 0 heterocycles. The van der Waals surface area contributed by atoms with Crippen molar-refractivity contribution in [2.45, 2.75) is 25.7 Å². The molecule has 0 aromatic heterocycles. The van der Waals surface area contributed by atoms with Gasteiger partial charge < -0.3 is 9.84 Å². The van der Waals surface area contributed by atoms with E-state index in [0.29, 0.717) is 6.42 Å². The molecule has 0 bridgehead atoms. The van der Waals surface area contributed by atoms with Crippen LogP contribution in [0.4, 0.5) is 4.39 Å². The fourth-order valence-corrected chi connectivity index (χ4v) is 2.75. The summed E-state index contributed by atoms with van der Waals surface area (Å²) in [6.45, 7) is 0. The Morgan fingerprint density at radius 1 is 1.50 bits per heavy atom. The zero-order valence-electron chi connectivity index (χ0n) is 10.4. The van der Waals surface area contributed by atoms with E-state index in [0.717, 1.165) is 24.8 Å². The van der Waals surface area contributed by atoms with E-state index in [4.69, 9.17) is 9.84 Å². The second-order valence-corrected chi connectivity index (χ2v) is 4.81. The Morgan fingerprint density at radius 2 is 2.28 bits per heavy atom. The van der Waals surface area contributed by atoms with Crippen LogP contribution in [0.15, 0.2) is 18.2 Å². The lowest BCUT2D eigenvalue weighted by molar-refractivity contribution is -0.142. The van der Waals surface area contributed by atoms with Gasteiger partial charge in [0.15, 0.2) is 11.6 Å². The summed E-state index contributed by atoms with van der Waals surface area (Å²) in [5, 5.41) is 9.10. The Morgan fingerprint density at radius 3 is 2.89 bits per heavy atom. The molecular weight excluding hydrogens is 235 g/mol. The van der Waals surface area contributed by atoms with Crippen molar-refractivity contribution in [3.8, 4) is 5.75 Å². The third-order valence-electron chi connectivity index (χ3n) is 3.69. The quantitative estimate of drug-likeness (QED) is 0.896. The molecule has 0 spiro atoms. The number of hydrogen-bond donors (Lipinski definition) is 1. The SMILES string of the molecule is COc1ccc(CC2CCCC2C(=O)O)cc1F. The third kappa shape index (κ3) is 2.63. The van der Waals surface area contributed by atoms with E-state index in [1.807, 2.05) is 0 Å². The Bertz CT molecular complexity index is 445. The van der Waals surface area contributed by atoms with Gasteiger partial charge in [0, 0.05) is 0 Å². The second kappa shape index (κ2) is 5.38. The normalized spacial score (nSPS) is 23.0. The highest BCUT2D eigenvalue weighted by atomic mass is 19.1. The molecule has 1 aliphatic carbocycles. The molecule has 1 saturated carbocycles. The van der Waals surface area contributed by atoms with Gasteiger partial charge in [0.05, 0.1) is 13.0 Å². The summed E-state index contributed by atoms with van der Waals surface area (Å²) < 4.78 is 18.4. The van der Waals surface area contributed by atoms with Gasteiger partial charge in [-0.05, 0) is 42.9 Å². The van der Waals surface area contributed by atoms with Crippen LogP contribution in [0.3, 0.4) is 0 Å². The first-order chi connectivity index (χ1) is 8.61. The molecule has 0 saturated heterocycles. The van der Waals surface area contributed by atoms with E-state index in [9.17, 15) is 9.18 Å². The van der Waals surface area contributed by atoms with Crippen LogP contribution in [0.5, 0.6) is 5.75 Å². The minimum atomic E-state index is -0.730. The highest BCUT2D eigenvalue weighted by Crippen LogP contribution is 2.34. The zero-order chi connectivity index (χ0) is 13.1. The molecule has 1 N–H and O–H groups in total. The number of benzene rings is 1. The molecule has 2 rings (SSSR count). The summed E-state index contributed by atoms with van der Waals surface area (Å²) in [6, 6.07) is 4.84. The van der Waals surface area contributed by atoms with Gasteiger partial charge in [-0.15, -0.1) is 0 Å². The highest BCUT2D eigenvalue weighted by molar-refractivity contribution is 5.70. The van der Waals surface area contributed by atoms with Crippen molar-refractivity contribution in [1.82, 2.24) is 0 Å². The molecule has 1 aliphatic rings. The Hall–Kier alpha value is -1.58. The number of carbonyl (C=O) groups is 1. The number of aliphatic carboxylic acids is 1. The highest BCUT2D eigenvalue weighted by Gasteiger charge is 2.32. The molecular formula is C14H17FO3. The number of methoxy groups -OCH3 is 1. The molecule has 2 unspecified atom stereocenters. The first-order valence-electron chi connectivity index (χ1n) is 6.17. The number of halogens is 1. The van der Waals surface area contributed by atoms with Crippen LogP contribution in [0, 0.1) is 17.7 Å². The molecule has 18 heavy (non-hydrogen) atoms. The molecule has 2 atom stereocenters. The molecule has 98 valence electrons. The van der Waals surface area contributed by atoms with Crippen molar-refractivity contribution in [2.75, 3.05) is 7.11 Å². The minimum Gasteiger partial charge on any atom is -0.494 e. The minimum absolute atomic E-state index is 0.121. The Kier molecular flexibility index (Phi) is 3.84. The average Bonchev–Trinajstić information content (AvgIpc) is 2.77. The number of hydrogen-bond acceptors (Lipinski definition) is 2. The van der Waals surface area contributed by atoms with E-state index in [2.05, 4.69) is 0 Å². The molecule has 0 radical (unpaired) electrons. The van der Waals surface area contributed by atoms with Crippen LogP contribution < -0.4 is 4.74 Å². The number of carboxylic acid groups (broad SMARTS) is 1. The van der Waals surface area contributed by atoms with Gasteiger partial charge in [0.1, 0.15) is 0 Å². The van der Waals surface area contributed by atoms with Crippen molar-refractivity contribution < 1.29 is 19.0 Å². The predicted octanol–water partition coefficient (Wildman–Crippen LogP) is 2.88. The standard InChI is InChI=1S/C14H17FO3/c1-18-13-6-5-9(8-12(13)15)7-10-3-2-4-11(10)14(16)17/h5-6,8,10-11H,2-4,7H2,1H3,(H,16,17). The summed E-state index contributed by atoms with van der Waals surface area (Å²) in [5.41, 5.74) is 0.839. The zero-order valence-corrected chi connectivity index (χ0v) is 10.4. The Balaban J connectivity index is 2.09. The van der Waals surface area contributed by atoms with Gasteiger partial charge in [0.2, 0.25) is 0 Å². The van der Waals surface area contributed by atoms with Gasteiger partial charge in [-0.25, -0.2) is 4.39 Å². The monoisotopic (exact) mass is 252 g/mol. The van der Waals surface area contributed by atoms with Crippen molar-refractivity contribution in [2.24, 2.45) is 11.8 Å². The smallest absolute Gasteiger partial charge is 0.306 e. The van der Waals surface area contributed by atoms with Crippen molar-refractivity contribution in [3.63, 3.8) is 0 Å². The number of rotatable bonds is 4. The van der Waals surface area contributed by atoms with E-state index in [-0.39, 0.29) is 23.4 Å². The van der Waals surface area contributed by atoms with Crippen LogP contribution in [0.25, 0.3) is 0 Å². The summed E-state index contributed by atoms with van der Waals surface area (Å²) >= 11 is 0. The summed E-state index contributed by atoms with van der Waals surface area (Å²) in [5.74, 6) is -1.06. The van der Waals surface area contributed by atoms with Gasteiger partial charge in [-0.3, -0.25) is 4.79 Å². The second-order valence-electron chi connectivity index (χ2n) is 4.81. The van der Waals surface area contributed by atoms with Crippen molar-refractivity contribution >= 4 is 5.97 Å². The molecule has 1 fully saturated rings. The predicted molar refractivity (Wildman–Crippen MR) is 65.1 cm³/mol. The third-order valence-corrected chi connectivity index (χ3v) is 3.69. The molecule has 0 amide bonds. The van der Waals surface area contributed by atoms with E-state index >= 15 is 0 Å². The first kappa shape index (κ1) is 12.9. The van der Waals surface area contributed by atoms with Gasteiger partial charge >= 0.3 is 5.97 Å². The molecule has 4 heteroatoms. The van der Waals surface area contributed by atoms with Gasteiger partial charge in [0.25, 0.3) is 0 Å².